The zero-order valence-electron chi connectivity index (χ0n) is 11.0. The molecule has 0 bridgehead atoms. The highest BCUT2D eigenvalue weighted by atomic mass is 19.1. The molecule has 0 radical (unpaired) electrons. The summed E-state index contributed by atoms with van der Waals surface area (Å²) in [6.45, 7) is 2.46. The van der Waals surface area contributed by atoms with E-state index in [4.69, 9.17) is 15.7 Å². The molecule has 0 amide bonds. The third-order valence-electron chi connectivity index (χ3n) is 3.46. The number of nitrogens with zero attached hydrogens (tertiary/aromatic N) is 2. The van der Waals surface area contributed by atoms with E-state index in [1.807, 2.05) is 18.9 Å². The fourth-order valence-electron chi connectivity index (χ4n) is 2.18. The van der Waals surface area contributed by atoms with Gasteiger partial charge in [0, 0.05) is 18.5 Å². The van der Waals surface area contributed by atoms with Crippen molar-refractivity contribution < 1.29 is 14.3 Å². The van der Waals surface area contributed by atoms with Gasteiger partial charge >= 0.3 is 0 Å². The van der Waals surface area contributed by atoms with Crippen LogP contribution in [0.25, 0.3) is 0 Å². The maximum atomic E-state index is 13.1. The molecule has 0 spiro atoms. The largest absolute Gasteiger partial charge is 0.488 e. The van der Waals surface area contributed by atoms with E-state index in [0.29, 0.717) is 13.0 Å². The highest BCUT2D eigenvalue weighted by Gasteiger charge is 2.26. The molecule has 19 heavy (non-hydrogen) atoms. The lowest BCUT2D eigenvalue weighted by Gasteiger charge is -2.26. The van der Waals surface area contributed by atoms with Crippen LogP contribution in [0.5, 0.6) is 5.75 Å². The van der Waals surface area contributed by atoms with Crippen molar-refractivity contribution >= 4 is 5.84 Å². The van der Waals surface area contributed by atoms with Gasteiger partial charge in [0.15, 0.2) is 5.84 Å². The van der Waals surface area contributed by atoms with Gasteiger partial charge in [-0.25, -0.2) is 4.39 Å². The van der Waals surface area contributed by atoms with Gasteiger partial charge in [-0.2, -0.15) is 0 Å². The number of nitrogens with two attached hydrogens (primary N) is 1. The number of likely N-dealkylation sites (N-methyl/N-ethyl adjacent to an activating group) is 1. The predicted molar refractivity (Wildman–Crippen MR) is 70.0 cm³/mol. The number of halogens is 1. The van der Waals surface area contributed by atoms with E-state index in [1.54, 1.807) is 6.07 Å². The van der Waals surface area contributed by atoms with Gasteiger partial charge in [0.1, 0.15) is 17.7 Å². The summed E-state index contributed by atoms with van der Waals surface area (Å²) >= 11 is 0. The van der Waals surface area contributed by atoms with Crippen molar-refractivity contribution in [3.05, 3.63) is 29.6 Å². The molecule has 1 heterocycles. The molecule has 1 aromatic rings. The quantitative estimate of drug-likeness (QED) is 0.372. The highest BCUT2D eigenvalue weighted by molar-refractivity contribution is 5.84. The minimum atomic E-state index is -0.249. The summed E-state index contributed by atoms with van der Waals surface area (Å²) in [6.07, 6.45) is 0.621. The lowest BCUT2D eigenvalue weighted by Crippen LogP contribution is -2.44. The number of oxime groups is 1. The second-order valence-corrected chi connectivity index (χ2v) is 4.84. The first kappa shape index (κ1) is 13.6. The van der Waals surface area contributed by atoms with E-state index < -0.39 is 0 Å². The Morgan fingerprint density at radius 2 is 2.42 bits per heavy atom. The van der Waals surface area contributed by atoms with Crippen molar-refractivity contribution in [2.24, 2.45) is 10.9 Å². The Hall–Kier alpha value is -1.82. The third kappa shape index (κ3) is 2.96. The number of hydrogen-bond donors (Lipinski definition) is 2. The van der Waals surface area contributed by atoms with Gasteiger partial charge in [-0.3, -0.25) is 4.90 Å². The average Bonchev–Trinajstić information content (AvgIpc) is 2.77. The first-order valence-electron chi connectivity index (χ1n) is 6.14. The molecule has 0 aliphatic carbocycles. The average molecular weight is 267 g/mol. The molecule has 1 aliphatic heterocycles. The smallest absolute Gasteiger partial charge is 0.156 e. The van der Waals surface area contributed by atoms with Crippen LogP contribution in [0.3, 0.4) is 0 Å². The van der Waals surface area contributed by atoms with Crippen molar-refractivity contribution in [1.82, 2.24) is 4.90 Å². The Labute approximate surface area is 111 Å². The van der Waals surface area contributed by atoms with E-state index >= 15 is 0 Å². The van der Waals surface area contributed by atoms with E-state index in [1.165, 1.54) is 12.1 Å². The van der Waals surface area contributed by atoms with Gasteiger partial charge in [0.05, 0.1) is 6.04 Å². The van der Waals surface area contributed by atoms with Crippen LogP contribution in [0.4, 0.5) is 4.39 Å². The van der Waals surface area contributed by atoms with Crippen molar-refractivity contribution in [3.8, 4) is 5.75 Å². The molecular formula is C13H18FN3O2. The maximum Gasteiger partial charge on any atom is 0.156 e. The summed E-state index contributed by atoms with van der Waals surface area (Å²) in [4.78, 5) is 1.93. The molecule has 2 atom stereocenters. The van der Waals surface area contributed by atoms with Gasteiger partial charge in [-0.05, 0) is 32.2 Å². The number of hydrogen-bond acceptors (Lipinski definition) is 4. The monoisotopic (exact) mass is 267 g/mol. The SMILES string of the molecule is CC(C(N)=NO)N(C)CC1Cc2cc(F)ccc2O1. The lowest BCUT2D eigenvalue weighted by molar-refractivity contribution is 0.159. The van der Waals surface area contributed by atoms with Crippen LogP contribution in [0, 0.1) is 5.82 Å². The molecule has 0 saturated carbocycles. The zero-order valence-corrected chi connectivity index (χ0v) is 11.0. The van der Waals surface area contributed by atoms with E-state index in [-0.39, 0.29) is 23.8 Å². The van der Waals surface area contributed by atoms with Crippen molar-refractivity contribution in [2.75, 3.05) is 13.6 Å². The van der Waals surface area contributed by atoms with Crippen LogP contribution in [-0.2, 0) is 6.42 Å². The predicted octanol–water partition coefficient (Wildman–Crippen LogP) is 1.20. The zero-order chi connectivity index (χ0) is 14.0. The first-order valence-corrected chi connectivity index (χ1v) is 6.14. The first-order chi connectivity index (χ1) is 9.01. The Bertz CT molecular complexity index is 493. The normalized spacial score (nSPS) is 20.2. The Kier molecular flexibility index (Phi) is 3.90. The van der Waals surface area contributed by atoms with Crippen LogP contribution in [0.2, 0.25) is 0 Å². The van der Waals surface area contributed by atoms with E-state index in [9.17, 15) is 4.39 Å². The topological polar surface area (TPSA) is 71.1 Å². The van der Waals surface area contributed by atoms with Crippen molar-refractivity contribution in [3.63, 3.8) is 0 Å². The third-order valence-corrected chi connectivity index (χ3v) is 3.46. The van der Waals surface area contributed by atoms with Crippen molar-refractivity contribution in [2.45, 2.75) is 25.5 Å². The number of rotatable bonds is 4. The summed E-state index contributed by atoms with van der Waals surface area (Å²) in [5.41, 5.74) is 6.45. The van der Waals surface area contributed by atoms with E-state index in [0.717, 1.165) is 11.3 Å². The van der Waals surface area contributed by atoms with Crippen molar-refractivity contribution in [1.29, 1.82) is 0 Å². The molecule has 0 aromatic heterocycles. The fraction of sp³-hybridized carbons (Fsp3) is 0.462. The number of fused-ring (bicyclic) bond motifs is 1. The Balaban J connectivity index is 1.97. The van der Waals surface area contributed by atoms with Crippen LogP contribution in [0.1, 0.15) is 12.5 Å². The Morgan fingerprint density at radius 1 is 1.68 bits per heavy atom. The van der Waals surface area contributed by atoms with Crippen LogP contribution >= 0.6 is 0 Å². The van der Waals surface area contributed by atoms with Crippen LogP contribution in [0.15, 0.2) is 23.4 Å². The molecule has 2 unspecified atom stereocenters. The molecule has 0 saturated heterocycles. The molecule has 1 aliphatic rings. The molecule has 3 N–H and O–H groups in total. The van der Waals surface area contributed by atoms with Gasteiger partial charge in [0.25, 0.3) is 0 Å². The van der Waals surface area contributed by atoms with Gasteiger partial charge in [-0.1, -0.05) is 5.16 Å². The maximum absolute atomic E-state index is 13.1. The summed E-state index contributed by atoms with van der Waals surface area (Å²) < 4.78 is 18.8. The second kappa shape index (κ2) is 5.44. The molecule has 5 nitrogen and oxygen atoms in total. The summed E-state index contributed by atoms with van der Waals surface area (Å²) in [6, 6.07) is 4.36. The minimum Gasteiger partial charge on any atom is -0.488 e. The Morgan fingerprint density at radius 3 is 3.11 bits per heavy atom. The van der Waals surface area contributed by atoms with Gasteiger partial charge < -0.3 is 15.7 Å². The molecular weight excluding hydrogens is 249 g/mol. The molecule has 1 aromatic carbocycles. The van der Waals surface area contributed by atoms with Crippen LogP contribution < -0.4 is 10.5 Å². The van der Waals surface area contributed by atoms with Gasteiger partial charge in [0.2, 0.25) is 0 Å². The molecule has 6 heteroatoms. The molecule has 0 fully saturated rings. The number of benzene rings is 1. The number of ether oxygens (including phenoxy) is 1. The van der Waals surface area contributed by atoms with Crippen LogP contribution in [-0.4, -0.2) is 41.7 Å². The molecule has 104 valence electrons. The highest BCUT2D eigenvalue weighted by Crippen LogP contribution is 2.29. The standard InChI is InChI=1S/C13H18FN3O2/c1-8(13(15)16-18)17(2)7-11-6-9-5-10(14)3-4-12(9)19-11/h3-5,8,11,18H,6-7H2,1-2H3,(H2,15,16). The van der Waals surface area contributed by atoms with Gasteiger partial charge in [-0.15, -0.1) is 0 Å². The minimum absolute atomic E-state index is 0.0456. The molecule has 2 rings (SSSR count). The fourth-order valence-corrected chi connectivity index (χ4v) is 2.18. The lowest BCUT2D eigenvalue weighted by atomic mass is 10.1. The summed E-state index contributed by atoms with van der Waals surface area (Å²) in [5.74, 6) is 0.640. The van der Waals surface area contributed by atoms with E-state index in [2.05, 4.69) is 5.16 Å². The summed E-state index contributed by atoms with van der Waals surface area (Å²) in [5, 5.41) is 11.6. The number of amidine groups is 1. The summed E-state index contributed by atoms with van der Waals surface area (Å²) in [7, 11) is 1.87. The second-order valence-electron chi connectivity index (χ2n) is 4.84.